The molecule has 0 aromatic carbocycles. The van der Waals surface area contributed by atoms with Crippen LogP contribution in [-0.4, -0.2) is 11.4 Å². The highest BCUT2D eigenvalue weighted by atomic mass is 79.9. The second kappa shape index (κ2) is 4.52. The fourth-order valence-electron chi connectivity index (χ4n) is 1.68. The van der Waals surface area contributed by atoms with E-state index >= 15 is 0 Å². The van der Waals surface area contributed by atoms with Gasteiger partial charge in [-0.15, -0.1) is 22.9 Å². The van der Waals surface area contributed by atoms with Gasteiger partial charge in [0.2, 0.25) is 0 Å². The van der Waals surface area contributed by atoms with E-state index in [-0.39, 0.29) is 5.54 Å². The number of thiophene rings is 1. The van der Waals surface area contributed by atoms with Crippen molar-refractivity contribution < 1.29 is 0 Å². The SMILES string of the molecule is ClCC1(NCc2sccc2Br)CCC1. The summed E-state index contributed by atoms with van der Waals surface area (Å²) in [6.45, 7) is 0.935. The zero-order valence-electron chi connectivity index (χ0n) is 7.85. The molecule has 0 atom stereocenters. The average Bonchev–Trinajstić information content (AvgIpc) is 2.51. The molecule has 2 rings (SSSR count). The van der Waals surface area contributed by atoms with Crippen LogP contribution >= 0.6 is 38.9 Å². The van der Waals surface area contributed by atoms with Crippen molar-refractivity contribution in [1.82, 2.24) is 5.32 Å². The summed E-state index contributed by atoms with van der Waals surface area (Å²) in [4.78, 5) is 1.36. The number of alkyl halides is 1. The summed E-state index contributed by atoms with van der Waals surface area (Å²) < 4.78 is 1.21. The third-order valence-corrected chi connectivity index (χ3v) is 5.32. The summed E-state index contributed by atoms with van der Waals surface area (Å²) >= 11 is 11.3. The van der Waals surface area contributed by atoms with E-state index in [1.54, 1.807) is 11.3 Å². The lowest BCUT2D eigenvalue weighted by atomic mass is 9.78. The highest BCUT2D eigenvalue weighted by Crippen LogP contribution is 2.34. The summed E-state index contributed by atoms with van der Waals surface area (Å²) in [7, 11) is 0. The first kappa shape index (κ1) is 10.9. The highest BCUT2D eigenvalue weighted by Gasteiger charge is 2.35. The number of hydrogen-bond acceptors (Lipinski definition) is 2. The Morgan fingerprint density at radius 2 is 2.36 bits per heavy atom. The molecule has 0 aliphatic heterocycles. The molecule has 14 heavy (non-hydrogen) atoms. The third-order valence-electron chi connectivity index (χ3n) is 2.88. The molecule has 0 amide bonds. The smallest absolute Gasteiger partial charge is 0.0406 e. The van der Waals surface area contributed by atoms with Crippen LogP contribution in [0.15, 0.2) is 15.9 Å². The highest BCUT2D eigenvalue weighted by molar-refractivity contribution is 9.10. The van der Waals surface area contributed by atoms with Crippen LogP contribution in [0.1, 0.15) is 24.1 Å². The molecule has 0 bridgehead atoms. The lowest BCUT2D eigenvalue weighted by molar-refractivity contribution is 0.211. The molecule has 1 aromatic heterocycles. The van der Waals surface area contributed by atoms with Crippen LogP contribution in [0.3, 0.4) is 0 Å². The van der Waals surface area contributed by atoms with Crippen LogP contribution in [0.2, 0.25) is 0 Å². The van der Waals surface area contributed by atoms with Gasteiger partial charge in [-0.25, -0.2) is 0 Å². The van der Waals surface area contributed by atoms with Gasteiger partial charge in [0.05, 0.1) is 0 Å². The fourth-order valence-corrected chi connectivity index (χ4v) is 3.47. The Labute approximate surface area is 102 Å². The van der Waals surface area contributed by atoms with Gasteiger partial charge in [0.25, 0.3) is 0 Å². The summed E-state index contributed by atoms with van der Waals surface area (Å²) in [5.41, 5.74) is 0.227. The third kappa shape index (κ3) is 2.16. The van der Waals surface area contributed by atoms with Crippen LogP contribution in [0.25, 0.3) is 0 Å². The monoisotopic (exact) mass is 293 g/mol. The first-order valence-corrected chi connectivity index (χ1v) is 6.99. The largest absolute Gasteiger partial charge is 0.305 e. The van der Waals surface area contributed by atoms with Crippen LogP contribution < -0.4 is 5.32 Å². The summed E-state index contributed by atoms with van der Waals surface area (Å²) in [5, 5.41) is 5.68. The first-order chi connectivity index (χ1) is 6.76. The zero-order chi connectivity index (χ0) is 10.0. The van der Waals surface area contributed by atoms with Gasteiger partial charge in [-0.05, 0) is 46.6 Å². The lowest BCUT2D eigenvalue weighted by Crippen LogP contribution is -2.52. The maximum Gasteiger partial charge on any atom is 0.0406 e. The van der Waals surface area contributed by atoms with Gasteiger partial charge in [0.15, 0.2) is 0 Å². The van der Waals surface area contributed by atoms with Crippen LogP contribution in [0.4, 0.5) is 0 Å². The van der Waals surface area contributed by atoms with Gasteiger partial charge >= 0.3 is 0 Å². The Hall–Kier alpha value is 0.430. The topological polar surface area (TPSA) is 12.0 Å². The van der Waals surface area contributed by atoms with Crippen LogP contribution in [-0.2, 0) is 6.54 Å². The average molecular weight is 295 g/mol. The molecule has 0 spiro atoms. The second-order valence-electron chi connectivity index (χ2n) is 3.81. The standard InChI is InChI=1S/C10H13BrClNS/c11-8-2-5-14-9(8)6-13-10(7-12)3-1-4-10/h2,5,13H,1,3-4,6-7H2. The van der Waals surface area contributed by atoms with Gasteiger partial charge < -0.3 is 5.32 Å². The van der Waals surface area contributed by atoms with Crippen molar-refractivity contribution in [1.29, 1.82) is 0 Å². The van der Waals surface area contributed by atoms with E-state index in [2.05, 4.69) is 32.7 Å². The summed E-state index contributed by atoms with van der Waals surface area (Å²) in [6, 6.07) is 2.09. The predicted molar refractivity (Wildman–Crippen MR) is 66.2 cm³/mol. The Morgan fingerprint density at radius 3 is 2.79 bits per heavy atom. The Kier molecular flexibility index (Phi) is 3.53. The summed E-state index contributed by atoms with van der Waals surface area (Å²) in [5.74, 6) is 0.732. The van der Waals surface area contributed by atoms with E-state index < -0.39 is 0 Å². The maximum atomic E-state index is 5.97. The van der Waals surface area contributed by atoms with Crippen molar-refractivity contribution in [2.45, 2.75) is 31.3 Å². The summed E-state index contributed by atoms with van der Waals surface area (Å²) in [6.07, 6.45) is 3.75. The van der Waals surface area contributed by atoms with E-state index in [1.165, 1.54) is 28.6 Å². The Bertz CT molecular complexity index is 303. The molecule has 1 aliphatic rings. The van der Waals surface area contributed by atoms with Gasteiger partial charge in [-0.1, -0.05) is 0 Å². The van der Waals surface area contributed by atoms with Gasteiger partial charge in [-0.2, -0.15) is 0 Å². The molecule has 1 saturated carbocycles. The van der Waals surface area contributed by atoms with Crippen molar-refractivity contribution in [2.75, 3.05) is 5.88 Å². The molecule has 1 aliphatic carbocycles. The van der Waals surface area contributed by atoms with Crippen molar-refractivity contribution in [3.8, 4) is 0 Å². The van der Waals surface area contributed by atoms with E-state index in [1.807, 2.05) is 0 Å². The van der Waals surface area contributed by atoms with Crippen molar-refractivity contribution in [2.24, 2.45) is 0 Å². The molecule has 1 nitrogen and oxygen atoms in total. The second-order valence-corrected chi connectivity index (χ2v) is 5.94. The van der Waals surface area contributed by atoms with Crippen LogP contribution in [0, 0.1) is 0 Å². The fraction of sp³-hybridized carbons (Fsp3) is 0.600. The maximum absolute atomic E-state index is 5.97. The molecule has 1 fully saturated rings. The van der Waals surface area contributed by atoms with Crippen molar-refractivity contribution >= 4 is 38.9 Å². The van der Waals surface area contributed by atoms with E-state index in [0.717, 1.165) is 12.4 Å². The molecule has 1 heterocycles. The quantitative estimate of drug-likeness (QED) is 0.834. The van der Waals surface area contributed by atoms with Gasteiger partial charge in [-0.3, -0.25) is 0 Å². The van der Waals surface area contributed by atoms with Gasteiger partial charge in [0.1, 0.15) is 0 Å². The molecule has 4 heteroatoms. The zero-order valence-corrected chi connectivity index (χ0v) is 11.0. The molecule has 0 radical (unpaired) electrons. The molecular formula is C10H13BrClNS. The van der Waals surface area contributed by atoms with Crippen molar-refractivity contribution in [3.63, 3.8) is 0 Å². The molecule has 1 N–H and O–H groups in total. The Morgan fingerprint density at radius 1 is 1.57 bits per heavy atom. The molecular weight excluding hydrogens is 282 g/mol. The number of halogens is 2. The predicted octanol–water partition coefficient (Wildman–Crippen LogP) is 3.76. The number of hydrogen-bond donors (Lipinski definition) is 1. The van der Waals surface area contributed by atoms with Gasteiger partial charge in [0, 0.05) is 27.3 Å². The lowest BCUT2D eigenvalue weighted by Gasteiger charge is -2.41. The number of nitrogens with one attached hydrogen (secondary N) is 1. The van der Waals surface area contributed by atoms with E-state index in [0.29, 0.717) is 0 Å². The minimum atomic E-state index is 0.227. The molecule has 1 aromatic rings. The normalized spacial score (nSPS) is 19.3. The minimum Gasteiger partial charge on any atom is -0.305 e. The van der Waals surface area contributed by atoms with Crippen LogP contribution in [0.5, 0.6) is 0 Å². The van der Waals surface area contributed by atoms with E-state index in [9.17, 15) is 0 Å². The molecule has 0 saturated heterocycles. The van der Waals surface area contributed by atoms with E-state index in [4.69, 9.17) is 11.6 Å². The minimum absolute atomic E-state index is 0.227. The first-order valence-electron chi connectivity index (χ1n) is 4.79. The van der Waals surface area contributed by atoms with Crippen molar-refractivity contribution in [3.05, 3.63) is 20.8 Å². The number of rotatable bonds is 4. The molecule has 0 unspecified atom stereocenters. The Balaban J connectivity index is 1.90. The molecule has 78 valence electrons.